The Kier molecular flexibility index (Phi) is 6.07. The molecule has 1 aliphatic rings. The molecule has 198 valence electrons. The normalized spacial score (nSPS) is 14.1. The average molecular weight is 531 g/mol. The van der Waals surface area contributed by atoms with Crippen LogP contribution in [0, 0.1) is 11.7 Å². The van der Waals surface area contributed by atoms with Gasteiger partial charge in [0.1, 0.15) is 11.5 Å². The van der Waals surface area contributed by atoms with Gasteiger partial charge in [-0.05, 0) is 48.7 Å². The summed E-state index contributed by atoms with van der Waals surface area (Å²) in [6.45, 7) is 0. The summed E-state index contributed by atoms with van der Waals surface area (Å²) in [5.41, 5.74) is 6.82. The lowest BCUT2D eigenvalue weighted by Crippen LogP contribution is -2.24. The molecule has 7 rings (SSSR count). The zero-order chi connectivity index (χ0) is 27.1. The molecule has 0 radical (unpaired) electrons. The third kappa shape index (κ3) is 4.41. The van der Waals surface area contributed by atoms with Crippen LogP contribution in [0.5, 0.6) is 0 Å². The molecule has 3 N–H and O–H groups in total. The largest absolute Gasteiger partial charge is 0.353 e. The zero-order valence-electron chi connectivity index (χ0n) is 21.7. The van der Waals surface area contributed by atoms with Crippen LogP contribution in [0.25, 0.3) is 55.6 Å². The first-order chi connectivity index (χ1) is 19.6. The molecule has 1 amide bonds. The van der Waals surface area contributed by atoms with Crippen LogP contribution in [0.15, 0.2) is 79.3 Å². The number of carbonyl (C=O) groups excluding carboxylic acids is 1. The molecule has 40 heavy (non-hydrogen) atoms. The van der Waals surface area contributed by atoms with Gasteiger partial charge in [-0.1, -0.05) is 49.6 Å². The van der Waals surface area contributed by atoms with Crippen molar-refractivity contribution >= 4 is 33.5 Å². The van der Waals surface area contributed by atoms with E-state index in [1.807, 2.05) is 42.5 Å². The Bertz CT molecular complexity index is 1870. The van der Waals surface area contributed by atoms with E-state index in [9.17, 15) is 9.18 Å². The third-order valence-corrected chi connectivity index (χ3v) is 7.81. The molecular weight excluding hydrogens is 503 g/mol. The maximum absolute atomic E-state index is 14.6. The minimum absolute atomic E-state index is 0.0675. The van der Waals surface area contributed by atoms with E-state index in [-0.39, 0.29) is 17.6 Å². The van der Waals surface area contributed by atoms with Gasteiger partial charge in [-0.25, -0.2) is 9.37 Å². The lowest BCUT2D eigenvalue weighted by atomic mass is 9.88. The number of nitrogens with zero attached hydrogens (tertiary/aromatic N) is 3. The summed E-state index contributed by atoms with van der Waals surface area (Å²) in [6.07, 6.45) is 10.5. The number of anilines is 1. The Hall–Kier alpha value is -4.85. The van der Waals surface area contributed by atoms with Crippen molar-refractivity contribution in [3.05, 3.63) is 85.1 Å². The molecular formula is C32H27FN6O. The van der Waals surface area contributed by atoms with E-state index in [1.54, 1.807) is 30.7 Å². The van der Waals surface area contributed by atoms with Crippen molar-refractivity contribution < 1.29 is 9.18 Å². The van der Waals surface area contributed by atoms with Gasteiger partial charge in [-0.2, -0.15) is 5.10 Å². The van der Waals surface area contributed by atoms with Crippen LogP contribution < -0.4 is 5.32 Å². The second-order valence-corrected chi connectivity index (χ2v) is 10.4. The van der Waals surface area contributed by atoms with Gasteiger partial charge >= 0.3 is 0 Å². The van der Waals surface area contributed by atoms with Crippen LogP contribution in [-0.4, -0.2) is 31.1 Å². The minimum atomic E-state index is -0.261. The Morgan fingerprint density at radius 1 is 0.875 bits per heavy atom. The van der Waals surface area contributed by atoms with Crippen LogP contribution in [0.2, 0.25) is 0 Å². The first kappa shape index (κ1) is 24.2. The average Bonchev–Trinajstić information content (AvgIpc) is 3.62. The number of carbonyl (C=O) groups is 1. The van der Waals surface area contributed by atoms with Crippen LogP contribution >= 0.6 is 0 Å². The van der Waals surface area contributed by atoms with Gasteiger partial charge < -0.3 is 10.3 Å². The Labute approximate surface area is 229 Å². The molecule has 0 unspecified atom stereocenters. The highest BCUT2D eigenvalue weighted by molar-refractivity contribution is 6.01. The minimum Gasteiger partial charge on any atom is -0.353 e. The topological polar surface area (TPSA) is 99.3 Å². The molecule has 1 aliphatic carbocycles. The summed E-state index contributed by atoms with van der Waals surface area (Å²) in [5, 5.41) is 12.4. The summed E-state index contributed by atoms with van der Waals surface area (Å²) < 4.78 is 14.6. The van der Waals surface area contributed by atoms with Crippen LogP contribution in [0.4, 0.5) is 10.1 Å². The van der Waals surface area contributed by atoms with Crippen LogP contribution in [0.1, 0.15) is 32.1 Å². The van der Waals surface area contributed by atoms with Gasteiger partial charge in [0.25, 0.3) is 0 Å². The first-order valence-electron chi connectivity index (χ1n) is 13.6. The molecule has 1 fully saturated rings. The van der Waals surface area contributed by atoms with E-state index in [0.717, 1.165) is 70.1 Å². The monoisotopic (exact) mass is 530 g/mol. The highest BCUT2D eigenvalue weighted by Gasteiger charge is 2.21. The zero-order valence-corrected chi connectivity index (χ0v) is 21.7. The molecule has 0 atom stereocenters. The second-order valence-electron chi connectivity index (χ2n) is 10.4. The second kappa shape index (κ2) is 10.0. The molecule has 4 aromatic heterocycles. The maximum Gasteiger partial charge on any atom is 0.227 e. The summed E-state index contributed by atoms with van der Waals surface area (Å²) in [4.78, 5) is 25.2. The lowest BCUT2D eigenvalue weighted by molar-refractivity contribution is -0.120. The summed E-state index contributed by atoms with van der Waals surface area (Å²) in [6, 6.07) is 18.6. The number of amides is 1. The third-order valence-electron chi connectivity index (χ3n) is 7.81. The highest BCUT2D eigenvalue weighted by Crippen LogP contribution is 2.36. The fraction of sp³-hybridized carbons (Fsp3) is 0.188. The number of benzene rings is 2. The number of fused-ring (bicyclic) bond motifs is 2. The standard InChI is InChI=1S/C32H27FN6O/c33-27-11-5-4-9-24(27)23-10-6-12-28-25(23)15-29(37-28)30-26-14-21(17-35-31(26)39-38-30)20-13-22(18-34-16-20)36-32(40)19-7-2-1-3-8-19/h4-6,9-19,37H,1-3,7-8H2,(H,36,40)(H,35,38,39). The van der Waals surface area contributed by atoms with Gasteiger partial charge in [-0.3, -0.25) is 14.9 Å². The molecule has 2 aromatic carbocycles. The van der Waals surface area contributed by atoms with Crippen LogP contribution in [-0.2, 0) is 4.79 Å². The van der Waals surface area contributed by atoms with Crippen molar-refractivity contribution in [2.45, 2.75) is 32.1 Å². The molecule has 0 saturated heterocycles. The number of halogens is 1. The van der Waals surface area contributed by atoms with E-state index in [2.05, 4.69) is 30.5 Å². The van der Waals surface area contributed by atoms with Crippen molar-refractivity contribution in [2.75, 3.05) is 5.32 Å². The molecule has 7 nitrogen and oxygen atoms in total. The molecule has 1 saturated carbocycles. The van der Waals surface area contributed by atoms with Gasteiger partial charge in [0.15, 0.2) is 5.65 Å². The smallest absolute Gasteiger partial charge is 0.227 e. The molecule has 0 aliphatic heterocycles. The molecule has 0 bridgehead atoms. The SMILES string of the molecule is O=C(Nc1cncc(-c2cnc3[nH]nc(-c4cc5c(-c6ccccc6F)cccc5[nH]4)c3c2)c1)C1CCCCC1. The number of aromatic amines is 2. The number of aromatic nitrogens is 5. The number of rotatable bonds is 5. The lowest BCUT2D eigenvalue weighted by Gasteiger charge is -2.20. The van der Waals surface area contributed by atoms with Crippen molar-refractivity contribution in [1.29, 1.82) is 0 Å². The van der Waals surface area contributed by atoms with E-state index in [1.165, 1.54) is 12.5 Å². The first-order valence-corrected chi connectivity index (χ1v) is 13.6. The van der Waals surface area contributed by atoms with Crippen molar-refractivity contribution in [1.82, 2.24) is 25.1 Å². The summed E-state index contributed by atoms with van der Waals surface area (Å²) in [5.74, 6) is -0.125. The summed E-state index contributed by atoms with van der Waals surface area (Å²) in [7, 11) is 0. The number of hydrogen-bond acceptors (Lipinski definition) is 4. The molecule has 0 spiro atoms. The van der Waals surface area contributed by atoms with E-state index >= 15 is 0 Å². The van der Waals surface area contributed by atoms with Gasteiger partial charge in [0, 0.05) is 51.3 Å². The predicted octanol–water partition coefficient (Wildman–Crippen LogP) is 7.49. The van der Waals surface area contributed by atoms with Crippen molar-refractivity contribution in [2.24, 2.45) is 5.92 Å². The fourth-order valence-corrected chi connectivity index (χ4v) is 5.74. The van der Waals surface area contributed by atoms with Crippen LogP contribution in [0.3, 0.4) is 0 Å². The molecule has 6 aromatic rings. The fourth-order valence-electron chi connectivity index (χ4n) is 5.74. The quantitative estimate of drug-likeness (QED) is 0.215. The predicted molar refractivity (Wildman–Crippen MR) is 155 cm³/mol. The Balaban J connectivity index is 1.23. The molecule has 8 heteroatoms. The number of hydrogen-bond donors (Lipinski definition) is 3. The van der Waals surface area contributed by atoms with Gasteiger partial charge in [-0.15, -0.1) is 0 Å². The van der Waals surface area contributed by atoms with Crippen molar-refractivity contribution in [3.63, 3.8) is 0 Å². The number of pyridine rings is 2. The Morgan fingerprint density at radius 3 is 2.58 bits per heavy atom. The van der Waals surface area contributed by atoms with Gasteiger partial charge in [0.05, 0.1) is 17.6 Å². The van der Waals surface area contributed by atoms with E-state index in [0.29, 0.717) is 16.9 Å². The van der Waals surface area contributed by atoms with E-state index in [4.69, 9.17) is 0 Å². The maximum atomic E-state index is 14.6. The Morgan fingerprint density at radius 2 is 1.70 bits per heavy atom. The van der Waals surface area contributed by atoms with E-state index < -0.39 is 0 Å². The summed E-state index contributed by atoms with van der Waals surface area (Å²) >= 11 is 0. The highest BCUT2D eigenvalue weighted by atomic mass is 19.1. The number of H-pyrrole nitrogens is 2. The number of nitrogens with one attached hydrogen (secondary N) is 3. The van der Waals surface area contributed by atoms with Crippen molar-refractivity contribution in [3.8, 4) is 33.6 Å². The molecule has 4 heterocycles. The van der Waals surface area contributed by atoms with Gasteiger partial charge in [0.2, 0.25) is 5.91 Å².